The summed E-state index contributed by atoms with van der Waals surface area (Å²) < 4.78 is 11.6. The molecule has 0 bridgehead atoms. The number of rotatable bonds is 3. The number of hydrogen-bond acceptors (Lipinski definition) is 5. The van der Waals surface area contributed by atoms with Crippen LogP contribution in [0.25, 0.3) is 0 Å². The minimum Gasteiger partial charge on any atom is -0.468 e. The summed E-state index contributed by atoms with van der Waals surface area (Å²) in [6.45, 7) is 0. The number of carbonyl (C=O) groups excluding carboxylic acids is 2. The number of esters is 2. The summed E-state index contributed by atoms with van der Waals surface area (Å²) in [5.41, 5.74) is 1.78. The predicted molar refractivity (Wildman–Crippen MR) is 125 cm³/mol. The molecule has 1 spiro atoms. The normalized spacial score (nSPS) is 24.7. The molecule has 2 fully saturated rings. The Labute approximate surface area is 197 Å². The number of nitrogens with zero attached hydrogens (tertiary/aromatic N) is 1. The van der Waals surface area contributed by atoms with Crippen molar-refractivity contribution >= 4 is 33.6 Å². The molecule has 0 unspecified atom stereocenters. The van der Waals surface area contributed by atoms with Crippen molar-refractivity contribution in [2.75, 3.05) is 19.1 Å². The molecule has 2 aromatic carbocycles. The van der Waals surface area contributed by atoms with Gasteiger partial charge in [0, 0.05) is 22.0 Å². The van der Waals surface area contributed by atoms with E-state index in [4.69, 9.17) is 9.47 Å². The second-order valence-electron chi connectivity index (χ2n) is 9.27. The summed E-state index contributed by atoms with van der Waals surface area (Å²) in [6.07, 6.45) is 5.58. The fourth-order valence-electron chi connectivity index (χ4n) is 6.80. The number of halogens is 1. The number of fused-ring (bicyclic) bond motifs is 5. The highest BCUT2D eigenvalue weighted by Crippen LogP contribution is 2.65. The van der Waals surface area contributed by atoms with Gasteiger partial charge in [0.15, 0.2) is 5.41 Å². The van der Waals surface area contributed by atoms with E-state index < -0.39 is 17.4 Å². The van der Waals surface area contributed by atoms with Crippen LogP contribution in [0.3, 0.4) is 0 Å². The van der Waals surface area contributed by atoms with Gasteiger partial charge in [-0.05, 0) is 42.2 Å². The van der Waals surface area contributed by atoms with Crippen LogP contribution in [0, 0.1) is 5.41 Å². The molecule has 6 heteroatoms. The predicted octanol–water partition coefficient (Wildman–Crippen LogP) is 5.32. The van der Waals surface area contributed by atoms with E-state index in [2.05, 4.69) is 51.2 Å². The number of anilines is 1. The fraction of sp³-hybridized carbons (Fsp3) is 0.462. The van der Waals surface area contributed by atoms with Crippen molar-refractivity contribution in [3.8, 4) is 0 Å². The van der Waals surface area contributed by atoms with Gasteiger partial charge in [0.2, 0.25) is 0 Å². The van der Waals surface area contributed by atoms with Crippen LogP contribution in [-0.4, -0.2) is 32.2 Å². The first-order chi connectivity index (χ1) is 15.5. The molecule has 2 atom stereocenters. The minimum atomic E-state index is -1.38. The van der Waals surface area contributed by atoms with Gasteiger partial charge in [0.05, 0.1) is 26.3 Å². The largest absolute Gasteiger partial charge is 0.468 e. The van der Waals surface area contributed by atoms with Crippen LogP contribution in [0.4, 0.5) is 5.69 Å². The molecule has 0 radical (unpaired) electrons. The second kappa shape index (κ2) is 7.91. The second-order valence-corrected chi connectivity index (χ2v) is 10.2. The summed E-state index contributed by atoms with van der Waals surface area (Å²) in [5, 5.41) is 0. The number of hydrogen-bond donors (Lipinski definition) is 0. The van der Waals surface area contributed by atoms with Crippen molar-refractivity contribution in [2.24, 2.45) is 5.41 Å². The third-order valence-corrected chi connectivity index (χ3v) is 8.41. The topological polar surface area (TPSA) is 55.8 Å². The number of ether oxygens (including phenoxy) is 2. The first kappa shape index (κ1) is 21.5. The molecule has 5 nitrogen and oxygen atoms in total. The average Bonchev–Trinajstić information content (AvgIpc) is 3.33. The Bertz CT molecular complexity index is 1050. The highest BCUT2D eigenvalue weighted by molar-refractivity contribution is 9.10. The van der Waals surface area contributed by atoms with Crippen LogP contribution in [0.5, 0.6) is 0 Å². The van der Waals surface area contributed by atoms with Crippen LogP contribution < -0.4 is 4.90 Å². The van der Waals surface area contributed by atoms with Crippen LogP contribution >= 0.6 is 15.9 Å². The van der Waals surface area contributed by atoms with E-state index in [0.29, 0.717) is 6.42 Å². The summed E-state index contributed by atoms with van der Waals surface area (Å²) >= 11 is 3.60. The molecule has 0 N–H and O–H groups in total. The van der Waals surface area contributed by atoms with Crippen LogP contribution in [0.15, 0.2) is 53.0 Å². The highest BCUT2D eigenvalue weighted by Gasteiger charge is 2.72. The fourth-order valence-corrected chi connectivity index (χ4v) is 7.22. The van der Waals surface area contributed by atoms with Gasteiger partial charge in [-0.1, -0.05) is 65.5 Å². The molecule has 32 heavy (non-hydrogen) atoms. The van der Waals surface area contributed by atoms with Gasteiger partial charge in [-0.3, -0.25) is 9.59 Å². The molecule has 0 aromatic heterocycles. The lowest BCUT2D eigenvalue weighted by atomic mass is 9.59. The molecule has 3 aliphatic rings. The minimum absolute atomic E-state index is 0.141. The molecule has 2 aromatic rings. The zero-order chi connectivity index (χ0) is 22.5. The molecule has 1 saturated carbocycles. The van der Waals surface area contributed by atoms with E-state index in [9.17, 15) is 9.59 Å². The van der Waals surface area contributed by atoms with Crippen molar-refractivity contribution in [1.82, 2.24) is 0 Å². The molecule has 2 heterocycles. The van der Waals surface area contributed by atoms with Crippen LogP contribution in [0.2, 0.25) is 0 Å². The first-order valence-electron chi connectivity index (χ1n) is 11.3. The lowest BCUT2D eigenvalue weighted by Crippen LogP contribution is -2.58. The van der Waals surface area contributed by atoms with Gasteiger partial charge in [-0.25, -0.2) is 0 Å². The van der Waals surface area contributed by atoms with Crippen molar-refractivity contribution in [2.45, 2.75) is 56.0 Å². The van der Waals surface area contributed by atoms with Crippen molar-refractivity contribution < 1.29 is 19.1 Å². The maximum atomic E-state index is 13.5. The Kier molecular flexibility index (Phi) is 5.31. The molecule has 168 valence electrons. The Morgan fingerprint density at radius 1 is 0.969 bits per heavy atom. The summed E-state index contributed by atoms with van der Waals surface area (Å²) in [6, 6.07) is 16.1. The van der Waals surface area contributed by atoms with Gasteiger partial charge in [0.1, 0.15) is 0 Å². The number of benzene rings is 2. The average molecular weight is 498 g/mol. The standard InChI is InChI=1S/C26H28BrNO4/c1-31-23(29)26(24(30)32-2)16-21(17-9-8-10-18(27)15-17)28-20-12-5-4-11-19(20)25(22(26)28)13-6-3-7-14-25/h4-5,8-12,15,21-22H,3,6-7,13-14,16H2,1-2H3/t21-,22+/m0/s1. The Balaban J connectivity index is 1.80. The maximum absolute atomic E-state index is 13.5. The molecule has 1 saturated heterocycles. The molecule has 5 rings (SSSR count). The van der Waals surface area contributed by atoms with Crippen molar-refractivity contribution in [1.29, 1.82) is 0 Å². The van der Waals surface area contributed by atoms with E-state index >= 15 is 0 Å². The van der Waals surface area contributed by atoms with E-state index in [0.717, 1.165) is 41.4 Å². The maximum Gasteiger partial charge on any atom is 0.325 e. The lowest BCUT2D eigenvalue weighted by Gasteiger charge is -2.45. The molecular weight excluding hydrogens is 470 g/mol. The zero-order valence-corrected chi connectivity index (χ0v) is 20.1. The van der Waals surface area contributed by atoms with E-state index in [1.54, 1.807) is 0 Å². The van der Waals surface area contributed by atoms with Gasteiger partial charge < -0.3 is 14.4 Å². The van der Waals surface area contributed by atoms with Crippen LogP contribution in [0.1, 0.15) is 55.7 Å². The van der Waals surface area contributed by atoms with Crippen LogP contribution in [-0.2, 0) is 24.5 Å². The van der Waals surface area contributed by atoms with Crippen molar-refractivity contribution in [3.05, 3.63) is 64.1 Å². The summed E-state index contributed by atoms with van der Waals surface area (Å²) in [7, 11) is 2.75. The van der Waals surface area contributed by atoms with Gasteiger partial charge >= 0.3 is 11.9 Å². The lowest BCUT2D eigenvalue weighted by molar-refractivity contribution is -0.171. The Morgan fingerprint density at radius 2 is 1.66 bits per heavy atom. The third-order valence-electron chi connectivity index (χ3n) is 7.92. The summed E-state index contributed by atoms with van der Waals surface area (Å²) in [5.74, 6) is -0.982. The monoisotopic (exact) mass is 497 g/mol. The first-order valence-corrected chi connectivity index (χ1v) is 12.1. The zero-order valence-electron chi connectivity index (χ0n) is 18.5. The van der Waals surface area contributed by atoms with E-state index in [1.807, 2.05) is 18.2 Å². The number of carbonyl (C=O) groups is 2. The molecule has 1 aliphatic carbocycles. The van der Waals surface area contributed by atoms with Gasteiger partial charge in [0.25, 0.3) is 0 Å². The number of methoxy groups -OCH3 is 2. The van der Waals surface area contributed by atoms with E-state index in [-0.39, 0.29) is 17.5 Å². The Morgan fingerprint density at radius 3 is 2.31 bits per heavy atom. The smallest absolute Gasteiger partial charge is 0.325 e. The van der Waals surface area contributed by atoms with Gasteiger partial charge in [-0.15, -0.1) is 0 Å². The SMILES string of the molecule is COC(=O)C1(C(=O)OC)C[C@@H](c2cccc(Br)c2)N2c3ccccc3C3(CCCCC3)[C@@H]21. The number of para-hydroxylation sites is 1. The molecule has 2 aliphatic heterocycles. The third kappa shape index (κ3) is 2.81. The molecule has 0 amide bonds. The summed E-state index contributed by atoms with van der Waals surface area (Å²) in [4.78, 5) is 29.4. The Hall–Kier alpha value is -2.34. The van der Waals surface area contributed by atoms with E-state index in [1.165, 1.54) is 26.2 Å². The molecular formula is C26H28BrNO4. The van der Waals surface area contributed by atoms with Gasteiger partial charge in [-0.2, -0.15) is 0 Å². The highest BCUT2D eigenvalue weighted by atomic mass is 79.9. The van der Waals surface area contributed by atoms with Crippen molar-refractivity contribution in [3.63, 3.8) is 0 Å². The quantitative estimate of drug-likeness (QED) is 0.424.